The Bertz CT molecular complexity index is 624. The maximum Gasteiger partial charge on any atom is 0.224 e. The molecule has 0 atom stereocenters. The zero-order chi connectivity index (χ0) is 13.2. The van der Waals surface area contributed by atoms with Crippen LogP contribution in [0, 0.1) is 0 Å². The van der Waals surface area contributed by atoms with E-state index in [0.29, 0.717) is 18.2 Å². The number of nitrogen functional groups attached to an aromatic ring is 1. The highest BCUT2D eigenvalue weighted by atomic mass is 32.1. The van der Waals surface area contributed by atoms with E-state index in [9.17, 15) is 4.79 Å². The van der Waals surface area contributed by atoms with E-state index in [1.165, 1.54) is 11.3 Å². The number of nitrogens with two attached hydrogens (primary N) is 1. The molecule has 1 aromatic heterocycles. The Kier molecular flexibility index (Phi) is 3.08. The number of nitrogens with one attached hydrogen (secondary N) is 1. The van der Waals surface area contributed by atoms with Crippen LogP contribution in [-0.4, -0.2) is 10.9 Å². The monoisotopic (exact) mass is 275 g/mol. The first-order chi connectivity index (χ1) is 9.20. The van der Waals surface area contributed by atoms with E-state index in [4.69, 9.17) is 10.5 Å². The highest BCUT2D eigenvalue weighted by Crippen LogP contribution is 2.27. The molecule has 0 radical (unpaired) electrons. The van der Waals surface area contributed by atoms with Gasteiger partial charge in [0.1, 0.15) is 12.4 Å². The molecular weight excluding hydrogens is 262 g/mol. The first kappa shape index (κ1) is 12.0. The summed E-state index contributed by atoms with van der Waals surface area (Å²) in [6.45, 7) is 0.402. The average molecular weight is 275 g/mol. The molecule has 0 saturated carbocycles. The van der Waals surface area contributed by atoms with Crippen molar-refractivity contribution in [1.29, 1.82) is 0 Å². The lowest BCUT2D eigenvalue weighted by Gasteiger charge is -2.17. The van der Waals surface area contributed by atoms with Crippen molar-refractivity contribution in [3.05, 3.63) is 34.8 Å². The minimum Gasteiger partial charge on any atom is -0.487 e. The van der Waals surface area contributed by atoms with Crippen molar-refractivity contribution >= 4 is 28.1 Å². The molecule has 2 heterocycles. The quantitative estimate of drug-likeness (QED) is 0.900. The van der Waals surface area contributed by atoms with Crippen molar-refractivity contribution in [2.24, 2.45) is 0 Å². The summed E-state index contributed by atoms with van der Waals surface area (Å²) in [7, 11) is 0. The second-order valence-corrected chi connectivity index (χ2v) is 5.22. The number of amides is 1. The van der Waals surface area contributed by atoms with Gasteiger partial charge in [0.2, 0.25) is 5.91 Å². The smallest absolute Gasteiger partial charge is 0.224 e. The van der Waals surface area contributed by atoms with Crippen LogP contribution in [0.15, 0.2) is 23.6 Å². The van der Waals surface area contributed by atoms with Gasteiger partial charge < -0.3 is 15.8 Å². The molecule has 0 spiro atoms. The summed E-state index contributed by atoms with van der Waals surface area (Å²) in [6, 6.07) is 5.68. The van der Waals surface area contributed by atoms with Crippen LogP contribution < -0.4 is 15.8 Å². The Morgan fingerprint density at radius 3 is 3.11 bits per heavy atom. The van der Waals surface area contributed by atoms with Crippen LogP contribution in [0.1, 0.15) is 17.7 Å². The second kappa shape index (κ2) is 4.89. The van der Waals surface area contributed by atoms with Gasteiger partial charge in [-0.05, 0) is 30.2 Å². The lowest BCUT2D eigenvalue weighted by Crippen LogP contribution is -2.18. The molecule has 3 N–H and O–H groups in total. The first-order valence-electron chi connectivity index (χ1n) is 5.96. The van der Waals surface area contributed by atoms with Crippen molar-refractivity contribution in [3.8, 4) is 5.75 Å². The van der Waals surface area contributed by atoms with E-state index in [2.05, 4.69) is 10.3 Å². The largest absolute Gasteiger partial charge is 0.487 e. The molecule has 0 fully saturated rings. The zero-order valence-electron chi connectivity index (χ0n) is 10.2. The van der Waals surface area contributed by atoms with Gasteiger partial charge in [-0.3, -0.25) is 4.79 Å². The van der Waals surface area contributed by atoms with Crippen LogP contribution in [-0.2, 0) is 17.8 Å². The number of thiazole rings is 1. The van der Waals surface area contributed by atoms with E-state index in [0.717, 1.165) is 29.1 Å². The number of benzene rings is 1. The number of fused-ring (bicyclic) bond motifs is 1. The molecule has 1 aromatic carbocycles. The van der Waals surface area contributed by atoms with Gasteiger partial charge in [0, 0.05) is 17.5 Å². The molecular formula is C13H13N3O2S. The highest BCUT2D eigenvalue weighted by Gasteiger charge is 2.15. The fourth-order valence-electron chi connectivity index (χ4n) is 2.00. The van der Waals surface area contributed by atoms with Crippen LogP contribution in [0.4, 0.5) is 10.8 Å². The van der Waals surface area contributed by atoms with Crippen LogP contribution in [0.25, 0.3) is 0 Å². The van der Waals surface area contributed by atoms with Crippen LogP contribution in [0.5, 0.6) is 5.75 Å². The molecule has 0 aliphatic carbocycles. The summed E-state index contributed by atoms with van der Waals surface area (Å²) in [5, 5.41) is 5.27. The molecule has 1 aliphatic heterocycles. The molecule has 3 rings (SSSR count). The van der Waals surface area contributed by atoms with Crippen LogP contribution in [0.3, 0.4) is 0 Å². The fourth-order valence-corrected chi connectivity index (χ4v) is 2.54. The molecule has 1 aliphatic rings. The number of hydrogen-bond acceptors (Lipinski definition) is 5. The van der Waals surface area contributed by atoms with Crippen molar-refractivity contribution in [3.63, 3.8) is 0 Å². The summed E-state index contributed by atoms with van der Waals surface area (Å²) in [5.41, 5.74) is 8.37. The number of hydrogen-bond donors (Lipinski definition) is 2. The maximum absolute atomic E-state index is 11.3. The van der Waals surface area contributed by atoms with Gasteiger partial charge in [-0.15, -0.1) is 11.3 Å². The Morgan fingerprint density at radius 2 is 2.32 bits per heavy atom. The molecule has 2 aromatic rings. The second-order valence-electron chi connectivity index (χ2n) is 4.33. The van der Waals surface area contributed by atoms with E-state index >= 15 is 0 Å². The molecule has 1 amide bonds. The molecule has 98 valence electrons. The lowest BCUT2D eigenvalue weighted by molar-refractivity contribution is -0.116. The predicted molar refractivity (Wildman–Crippen MR) is 74.3 cm³/mol. The third-order valence-electron chi connectivity index (χ3n) is 2.93. The Labute approximate surface area is 114 Å². The Hall–Kier alpha value is -2.08. The Morgan fingerprint density at radius 1 is 1.42 bits per heavy atom. The number of ether oxygens (including phenoxy) is 1. The number of rotatable bonds is 3. The topological polar surface area (TPSA) is 77.2 Å². The standard InChI is InChI=1S/C13H13N3O2S/c14-13-15-9(7-19-13)6-18-10-2-3-11-8(5-10)1-4-12(17)16-11/h2-3,5,7H,1,4,6H2,(H2,14,15)(H,16,17). The van der Waals surface area contributed by atoms with Gasteiger partial charge >= 0.3 is 0 Å². The minimum atomic E-state index is 0.0686. The lowest BCUT2D eigenvalue weighted by atomic mass is 10.0. The average Bonchev–Trinajstić information content (AvgIpc) is 2.82. The highest BCUT2D eigenvalue weighted by molar-refractivity contribution is 7.13. The normalized spacial score (nSPS) is 13.8. The van der Waals surface area contributed by atoms with Crippen LogP contribution in [0.2, 0.25) is 0 Å². The van der Waals surface area contributed by atoms with E-state index in [-0.39, 0.29) is 5.91 Å². The maximum atomic E-state index is 11.3. The number of nitrogens with zero attached hydrogens (tertiary/aromatic N) is 1. The van der Waals surface area contributed by atoms with Gasteiger partial charge in [-0.1, -0.05) is 0 Å². The number of anilines is 2. The van der Waals surface area contributed by atoms with E-state index in [1.807, 2.05) is 23.6 Å². The SMILES string of the molecule is Nc1nc(COc2ccc3c(c2)CCC(=O)N3)cs1. The third-order valence-corrected chi connectivity index (χ3v) is 3.65. The zero-order valence-corrected chi connectivity index (χ0v) is 11.0. The first-order valence-corrected chi connectivity index (χ1v) is 6.84. The number of carbonyl (C=O) groups is 1. The summed E-state index contributed by atoms with van der Waals surface area (Å²) in [5.74, 6) is 0.848. The number of carbonyl (C=O) groups excluding carboxylic acids is 1. The molecule has 0 unspecified atom stereocenters. The van der Waals surface area contributed by atoms with Crippen molar-refractivity contribution in [2.75, 3.05) is 11.1 Å². The molecule has 19 heavy (non-hydrogen) atoms. The molecule has 5 nitrogen and oxygen atoms in total. The van der Waals surface area contributed by atoms with Gasteiger partial charge in [0.05, 0.1) is 5.69 Å². The Balaban J connectivity index is 1.70. The van der Waals surface area contributed by atoms with Gasteiger partial charge in [-0.2, -0.15) is 0 Å². The molecule has 0 saturated heterocycles. The fraction of sp³-hybridized carbons (Fsp3) is 0.231. The minimum absolute atomic E-state index is 0.0686. The number of aromatic nitrogens is 1. The van der Waals surface area contributed by atoms with Gasteiger partial charge in [0.25, 0.3) is 0 Å². The summed E-state index contributed by atoms with van der Waals surface area (Å²) in [4.78, 5) is 15.4. The number of aryl methyl sites for hydroxylation is 1. The van der Waals surface area contributed by atoms with E-state index in [1.54, 1.807) is 0 Å². The predicted octanol–water partition coefficient (Wildman–Crippen LogP) is 2.19. The van der Waals surface area contributed by atoms with Gasteiger partial charge in [-0.25, -0.2) is 4.98 Å². The van der Waals surface area contributed by atoms with Crippen molar-refractivity contribution < 1.29 is 9.53 Å². The summed E-state index contributed by atoms with van der Waals surface area (Å²) < 4.78 is 5.67. The van der Waals surface area contributed by atoms with Gasteiger partial charge in [0.15, 0.2) is 5.13 Å². The third kappa shape index (κ3) is 2.68. The van der Waals surface area contributed by atoms with Crippen molar-refractivity contribution in [1.82, 2.24) is 4.98 Å². The molecule has 6 heteroatoms. The summed E-state index contributed by atoms with van der Waals surface area (Å²) in [6.07, 6.45) is 1.28. The summed E-state index contributed by atoms with van der Waals surface area (Å²) >= 11 is 1.40. The van der Waals surface area contributed by atoms with E-state index < -0.39 is 0 Å². The van der Waals surface area contributed by atoms with Crippen molar-refractivity contribution in [2.45, 2.75) is 19.4 Å². The van der Waals surface area contributed by atoms with Crippen LogP contribution >= 0.6 is 11.3 Å². The molecule has 0 bridgehead atoms.